The zero-order valence-corrected chi connectivity index (χ0v) is 14.1. The second-order valence-electron chi connectivity index (χ2n) is 5.56. The third-order valence-electron chi connectivity index (χ3n) is 3.75. The van der Waals surface area contributed by atoms with E-state index in [0.29, 0.717) is 12.5 Å². The molecule has 1 aromatic rings. The first-order valence-corrected chi connectivity index (χ1v) is 9.35. The highest BCUT2D eigenvalue weighted by Gasteiger charge is 2.39. The van der Waals surface area contributed by atoms with Crippen LogP contribution in [0.1, 0.15) is 38.7 Å². The van der Waals surface area contributed by atoms with E-state index in [-0.39, 0.29) is 16.0 Å². The molecule has 118 valence electrons. The molecule has 1 aromatic carbocycles. The van der Waals surface area contributed by atoms with Gasteiger partial charge in [-0.05, 0) is 43.0 Å². The Balaban J connectivity index is 2.12. The van der Waals surface area contributed by atoms with Crippen molar-refractivity contribution in [1.29, 1.82) is 0 Å². The summed E-state index contributed by atoms with van der Waals surface area (Å²) in [5.74, 6) is 0.480. The summed E-state index contributed by atoms with van der Waals surface area (Å²) < 4.78 is 27.7. The summed E-state index contributed by atoms with van der Waals surface area (Å²) >= 11 is 6.08. The van der Waals surface area contributed by atoms with Gasteiger partial charge >= 0.3 is 0 Å². The molecular formula is C15H23ClN2O2S. The fourth-order valence-corrected chi connectivity index (χ4v) is 4.35. The maximum Gasteiger partial charge on any atom is 0.242 e. The van der Waals surface area contributed by atoms with Crippen LogP contribution in [-0.2, 0) is 16.6 Å². The zero-order chi connectivity index (χ0) is 15.5. The molecule has 1 saturated carbocycles. The molecule has 0 aromatic heterocycles. The van der Waals surface area contributed by atoms with Crippen molar-refractivity contribution in [3.8, 4) is 0 Å². The highest BCUT2D eigenvalue weighted by atomic mass is 35.5. The fourth-order valence-electron chi connectivity index (χ4n) is 2.48. The van der Waals surface area contributed by atoms with E-state index in [1.54, 1.807) is 12.1 Å². The average molecular weight is 331 g/mol. The molecule has 0 heterocycles. The van der Waals surface area contributed by atoms with Gasteiger partial charge in [-0.3, -0.25) is 0 Å². The largest absolute Gasteiger partial charge is 0.313 e. The zero-order valence-electron chi connectivity index (χ0n) is 12.5. The van der Waals surface area contributed by atoms with Gasteiger partial charge in [0.05, 0.1) is 5.02 Å². The lowest BCUT2D eigenvalue weighted by molar-refractivity contribution is 0.573. The van der Waals surface area contributed by atoms with Crippen molar-refractivity contribution in [2.45, 2.75) is 50.6 Å². The molecular weight excluding hydrogens is 308 g/mol. The van der Waals surface area contributed by atoms with Crippen LogP contribution in [0.2, 0.25) is 5.02 Å². The summed E-state index contributed by atoms with van der Waals surface area (Å²) in [6.07, 6.45) is 3.09. The molecule has 21 heavy (non-hydrogen) atoms. The van der Waals surface area contributed by atoms with Gasteiger partial charge < -0.3 is 5.32 Å². The first-order valence-electron chi connectivity index (χ1n) is 7.49. The number of hydrogen-bond acceptors (Lipinski definition) is 3. The van der Waals surface area contributed by atoms with Gasteiger partial charge in [0.1, 0.15) is 4.90 Å². The smallest absolute Gasteiger partial charge is 0.242 e. The minimum Gasteiger partial charge on any atom is -0.313 e. The SMILES string of the molecule is CCCC1CC1NS(=O)(=O)c1cc(CNCC)ccc1Cl. The standard InChI is InChI=1S/C15H23ClN2O2S/c1-3-5-12-9-14(12)18-21(19,20)15-8-11(10-17-4-2)6-7-13(15)16/h6-8,12,14,17-18H,3-5,9-10H2,1-2H3. The van der Waals surface area contributed by atoms with E-state index in [2.05, 4.69) is 17.0 Å². The van der Waals surface area contributed by atoms with Crippen molar-refractivity contribution in [3.05, 3.63) is 28.8 Å². The van der Waals surface area contributed by atoms with E-state index in [9.17, 15) is 8.42 Å². The van der Waals surface area contributed by atoms with Crippen LogP contribution in [0.15, 0.2) is 23.1 Å². The summed E-state index contributed by atoms with van der Waals surface area (Å²) in [6.45, 7) is 5.60. The molecule has 0 radical (unpaired) electrons. The van der Waals surface area contributed by atoms with Crippen molar-refractivity contribution in [2.24, 2.45) is 5.92 Å². The topological polar surface area (TPSA) is 58.2 Å². The van der Waals surface area contributed by atoms with Crippen LogP contribution in [0.4, 0.5) is 0 Å². The second-order valence-corrected chi connectivity index (χ2v) is 7.65. The summed E-state index contributed by atoms with van der Waals surface area (Å²) in [5.41, 5.74) is 0.919. The number of halogens is 1. The molecule has 0 bridgehead atoms. The highest BCUT2D eigenvalue weighted by molar-refractivity contribution is 7.89. The quantitative estimate of drug-likeness (QED) is 0.770. The minimum atomic E-state index is -3.54. The maximum absolute atomic E-state index is 12.5. The Bertz CT molecular complexity index is 589. The first-order chi connectivity index (χ1) is 9.97. The molecule has 2 rings (SSSR count). The van der Waals surface area contributed by atoms with Crippen molar-refractivity contribution < 1.29 is 8.42 Å². The molecule has 1 aliphatic carbocycles. The first kappa shape index (κ1) is 16.7. The van der Waals surface area contributed by atoms with Crippen molar-refractivity contribution in [2.75, 3.05) is 6.54 Å². The molecule has 0 aliphatic heterocycles. The Morgan fingerprint density at radius 3 is 2.76 bits per heavy atom. The lowest BCUT2D eigenvalue weighted by Crippen LogP contribution is -2.27. The van der Waals surface area contributed by atoms with Crippen LogP contribution in [0.5, 0.6) is 0 Å². The molecule has 2 N–H and O–H groups in total. The number of rotatable bonds is 8. The Morgan fingerprint density at radius 2 is 2.10 bits per heavy atom. The Morgan fingerprint density at radius 1 is 1.33 bits per heavy atom. The number of nitrogens with one attached hydrogen (secondary N) is 2. The summed E-state index contributed by atoms with van der Waals surface area (Å²) in [7, 11) is -3.54. The lowest BCUT2D eigenvalue weighted by atomic mass is 10.2. The molecule has 0 spiro atoms. The van der Waals surface area contributed by atoms with E-state index in [4.69, 9.17) is 11.6 Å². The Labute approximate surface area is 132 Å². The molecule has 6 heteroatoms. The van der Waals surface area contributed by atoms with Gasteiger partial charge in [0.25, 0.3) is 0 Å². The van der Waals surface area contributed by atoms with Crippen LogP contribution >= 0.6 is 11.6 Å². The van der Waals surface area contributed by atoms with Gasteiger partial charge in [0.2, 0.25) is 10.0 Å². The van der Waals surface area contributed by atoms with Crippen LogP contribution in [-0.4, -0.2) is 21.0 Å². The van der Waals surface area contributed by atoms with Gasteiger partial charge in [0, 0.05) is 12.6 Å². The van der Waals surface area contributed by atoms with E-state index in [0.717, 1.165) is 31.4 Å². The van der Waals surface area contributed by atoms with Gasteiger partial charge in [-0.25, -0.2) is 13.1 Å². The highest BCUT2D eigenvalue weighted by Crippen LogP contribution is 2.36. The Kier molecular flexibility index (Phi) is 5.66. The lowest BCUT2D eigenvalue weighted by Gasteiger charge is -2.10. The van der Waals surface area contributed by atoms with Crippen LogP contribution < -0.4 is 10.0 Å². The second kappa shape index (κ2) is 7.09. The average Bonchev–Trinajstić information content (AvgIpc) is 3.15. The summed E-state index contributed by atoms with van der Waals surface area (Å²) in [4.78, 5) is 0.182. The predicted octanol–water partition coefficient (Wildman–Crippen LogP) is 2.92. The summed E-state index contributed by atoms with van der Waals surface area (Å²) in [6, 6.07) is 5.23. The third-order valence-corrected chi connectivity index (χ3v) is 5.72. The predicted molar refractivity (Wildman–Crippen MR) is 86.0 cm³/mol. The van der Waals surface area contributed by atoms with E-state index in [1.165, 1.54) is 0 Å². The molecule has 0 amide bonds. The van der Waals surface area contributed by atoms with Gasteiger partial charge in [0.15, 0.2) is 0 Å². The van der Waals surface area contributed by atoms with Crippen molar-refractivity contribution in [3.63, 3.8) is 0 Å². The molecule has 0 saturated heterocycles. The monoisotopic (exact) mass is 330 g/mol. The van der Waals surface area contributed by atoms with Crippen LogP contribution in [0.3, 0.4) is 0 Å². The van der Waals surface area contributed by atoms with Crippen LogP contribution in [0, 0.1) is 5.92 Å². The number of hydrogen-bond donors (Lipinski definition) is 2. The normalized spacial score (nSPS) is 21.5. The molecule has 2 atom stereocenters. The molecule has 1 fully saturated rings. The van der Waals surface area contributed by atoms with Gasteiger partial charge in [-0.2, -0.15) is 0 Å². The third kappa shape index (κ3) is 4.42. The maximum atomic E-state index is 12.5. The fraction of sp³-hybridized carbons (Fsp3) is 0.600. The molecule has 4 nitrogen and oxygen atoms in total. The van der Waals surface area contributed by atoms with Gasteiger partial charge in [-0.1, -0.05) is 37.9 Å². The van der Waals surface area contributed by atoms with E-state index >= 15 is 0 Å². The molecule has 2 unspecified atom stereocenters. The van der Waals surface area contributed by atoms with Crippen LogP contribution in [0.25, 0.3) is 0 Å². The minimum absolute atomic E-state index is 0.0726. The van der Waals surface area contributed by atoms with Gasteiger partial charge in [-0.15, -0.1) is 0 Å². The summed E-state index contributed by atoms with van der Waals surface area (Å²) in [5, 5.41) is 3.45. The number of benzene rings is 1. The number of sulfonamides is 1. The van der Waals surface area contributed by atoms with E-state index in [1.807, 2.05) is 13.0 Å². The van der Waals surface area contributed by atoms with Crippen molar-refractivity contribution >= 4 is 21.6 Å². The molecule has 1 aliphatic rings. The van der Waals surface area contributed by atoms with E-state index < -0.39 is 10.0 Å². The Hall–Kier alpha value is -0.620. The van der Waals surface area contributed by atoms with Crippen molar-refractivity contribution in [1.82, 2.24) is 10.0 Å².